The number of hydrazone groups is 1. The Hall–Kier alpha value is -0.790. The first kappa shape index (κ1) is 12.2. The molecule has 0 heterocycles. The Balaban J connectivity index is 0.000000671. The summed E-state index contributed by atoms with van der Waals surface area (Å²) >= 11 is 0. The van der Waals surface area contributed by atoms with E-state index in [0.717, 1.165) is 18.2 Å². The van der Waals surface area contributed by atoms with Gasteiger partial charge >= 0.3 is 0 Å². The topological polar surface area (TPSA) is 15.6 Å². The van der Waals surface area contributed by atoms with Crippen LogP contribution < -0.4 is 0 Å². The van der Waals surface area contributed by atoms with E-state index in [1.54, 1.807) is 0 Å². The molecule has 1 rings (SSSR count). The van der Waals surface area contributed by atoms with Gasteiger partial charge in [-0.3, -0.25) is 5.01 Å². The number of rotatable bonds is 4. The van der Waals surface area contributed by atoms with E-state index in [4.69, 9.17) is 0 Å². The van der Waals surface area contributed by atoms with Gasteiger partial charge in [0.2, 0.25) is 0 Å². The molecule has 0 aromatic heterocycles. The van der Waals surface area contributed by atoms with Gasteiger partial charge in [0.05, 0.1) is 0 Å². The molecule has 0 N–H and O–H groups in total. The summed E-state index contributed by atoms with van der Waals surface area (Å²) in [5.74, 6) is 0.831. The molecule has 1 fully saturated rings. The lowest BCUT2D eigenvalue weighted by molar-refractivity contribution is 0.218. The number of nitrogens with zero attached hydrogens (tertiary/aromatic N) is 2. The van der Waals surface area contributed by atoms with Crippen LogP contribution in [-0.2, 0) is 0 Å². The van der Waals surface area contributed by atoms with Crippen molar-refractivity contribution in [1.82, 2.24) is 5.01 Å². The lowest BCUT2D eigenvalue weighted by Crippen LogP contribution is -2.27. The predicted molar refractivity (Wildman–Crippen MR) is 59.8 cm³/mol. The summed E-state index contributed by atoms with van der Waals surface area (Å²) in [6.07, 6.45) is 4.07. The summed E-state index contributed by atoms with van der Waals surface area (Å²) in [6, 6.07) is 0. The third-order valence-electron chi connectivity index (χ3n) is 2.27. The van der Waals surface area contributed by atoms with Gasteiger partial charge in [0.25, 0.3) is 0 Å². The fourth-order valence-electron chi connectivity index (χ4n) is 1.25. The van der Waals surface area contributed by atoms with Crippen molar-refractivity contribution in [2.75, 3.05) is 6.54 Å². The van der Waals surface area contributed by atoms with Gasteiger partial charge in [-0.2, -0.15) is 5.10 Å². The zero-order chi connectivity index (χ0) is 10.3. The molecule has 0 amide bonds. The Kier molecular flexibility index (Phi) is 6.29. The van der Waals surface area contributed by atoms with E-state index in [1.807, 2.05) is 25.8 Å². The first-order valence-electron chi connectivity index (χ1n) is 5.13. The highest BCUT2D eigenvalue weighted by Gasteiger charge is 2.19. The van der Waals surface area contributed by atoms with Crippen molar-refractivity contribution in [3.63, 3.8) is 0 Å². The molecule has 0 saturated heterocycles. The summed E-state index contributed by atoms with van der Waals surface area (Å²) in [6.45, 7) is 14.3. The smallest absolute Gasteiger partial charge is 0.0439 e. The fourth-order valence-corrected chi connectivity index (χ4v) is 1.25. The molecule has 13 heavy (non-hydrogen) atoms. The standard InChI is InChI=1S/C9H16N2.C2H6/c1-8(2)11(10-3)7-9-5-4-6-9;1-2/h9H,1,3-7H2,2H3;1-2H3. The minimum Gasteiger partial charge on any atom is -0.271 e. The zero-order valence-corrected chi connectivity index (χ0v) is 9.21. The molecule has 0 bridgehead atoms. The van der Waals surface area contributed by atoms with Gasteiger partial charge < -0.3 is 0 Å². The number of allylic oxidation sites excluding steroid dienone is 1. The Labute approximate surface area is 82.3 Å². The molecule has 0 atom stereocenters. The molecule has 0 aliphatic heterocycles. The van der Waals surface area contributed by atoms with Crippen LogP contribution in [0.5, 0.6) is 0 Å². The third kappa shape index (κ3) is 4.11. The van der Waals surface area contributed by atoms with Crippen molar-refractivity contribution in [1.29, 1.82) is 0 Å². The molecule has 76 valence electrons. The van der Waals surface area contributed by atoms with Crippen molar-refractivity contribution >= 4 is 6.72 Å². The Morgan fingerprint density at radius 1 is 1.46 bits per heavy atom. The van der Waals surface area contributed by atoms with E-state index in [0.29, 0.717) is 0 Å². The van der Waals surface area contributed by atoms with E-state index < -0.39 is 0 Å². The van der Waals surface area contributed by atoms with Crippen molar-refractivity contribution in [2.45, 2.75) is 40.0 Å². The summed E-state index contributed by atoms with van der Waals surface area (Å²) in [5, 5.41) is 5.79. The Morgan fingerprint density at radius 3 is 2.23 bits per heavy atom. The summed E-state index contributed by atoms with van der Waals surface area (Å²) in [4.78, 5) is 0. The van der Waals surface area contributed by atoms with Gasteiger partial charge in [-0.05, 0) is 25.7 Å². The lowest BCUT2D eigenvalue weighted by Gasteiger charge is -2.30. The quantitative estimate of drug-likeness (QED) is 0.481. The second-order valence-corrected chi connectivity index (χ2v) is 3.26. The molecular formula is C11H22N2. The largest absolute Gasteiger partial charge is 0.271 e. The normalized spacial score (nSPS) is 15.0. The zero-order valence-electron chi connectivity index (χ0n) is 9.21. The van der Waals surface area contributed by atoms with Crippen LogP contribution in [0.2, 0.25) is 0 Å². The van der Waals surface area contributed by atoms with Crippen molar-refractivity contribution < 1.29 is 0 Å². The Bertz CT molecular complexity index is 159. The van der Waals surface area contributed by atoms with Gasteiger partial charge in [-0.15, -0.1) is 0 Å². The van der Waals surface area contributed by atoms with Gasteiger partial charge in [-0.1, -0.05) is 26.8 Å². The van der Waals surface area contributed by atoms with Crippen molar-refractivity contribution in [3.8, 4) is 0 Å². The summed E-state index contributed by atoms with van der Waals surface area (Å²) in [5.41, 5.74) is 0.993. The van der Waals surface area contributed by atoms with Crippen LogP contribution in [0.25, 0.3) is 0 Å². The number of hydrogen-bond acceptors (Lipinski definition) is 2. The molecule has 0 spiro atoms. The van der Waals surface area contributed by atoms with Crippen LogP contribution >= 0.6 is 0 Å². The Morgan fingerprint density at radius 2 is 2.00 bits per heavy atom. The number of hydrogen-bond donors (Lipinski definition) is 0. The third-order valence-corrected chi connectivity index (χ3v) is 2.27. The average Bonchev–Trinajstić information content (AvgIpc) is 2.06. The minimum absolute atomic E-state index is 0.831. The predicted octanol–water partition coefficient (Wildman–Crippen LogP) is 3.26. The van der Waals surface area contributed by atoms with E-state index in [9.17, 15) is 0 Å². The maximum absolute atomic E-state index is 3.89. The van der Waals surface area contributed by atoms with Crippen molar-refractivity contribution in [3.05, 3.63) is 12.3 Å². The molecule has 0 unspecified atom stereocenters. The monoisotopic (exact) mass is 182 g/mol. The van der Waals surface area contributed by atoms with Crippen LogP contribution in [0.3, 0.4) is 0 Å². The second-order valence-electron chi connectivity index (χ2n) is 3.26. The minimum atomic E-state index is 0.831. The van der Waals surface area contributed by atoms with Crippen LogP contribution in [-0.4, -0.2) is 18.3 Å². The molecule has 0 aromatic rings. The van der Waals surface area contributed by atoms with Crippen LogP contribution in [0.15, 0.2) is 17.4 Å². The van der Waals surface area contributed by atoms with Crippen LogP contribution in [0.4, 0.5) is 0 Å². The molecule has 0 radical (unpaired) electrons. The first-order chi connectivity index (χ1) is 6.24. The summed E-state index contributed by atoms with van der Waals surface area (Å²) < 4.78 is 0. The molecule has 2 nitrogen and oxygen atoms in total. The van der Waals surface area contributed by atoms with Gasteiger partial charge in [-0.25, -0.2) is 0 Å². The van der Waals surface area contributed by atoms with Gasteiger partial charge in [0.15, 0.2) is 0 Å². The molecule has 2 heteroatoms. The van der Waals surface area contributed by atoms with Crippen LogP contribution in [0, 0.1) is 5.92 Å². The molecule has 1 aliphatic carbocycles. The van der Waals surface area contributed by atoms with Crippen LogP contribution in [0.1, 0.15) is 40.0 Å². The maximum atomic E-state index is 3.89. The lowest BCUT2D eigenvalue weighted by atomic mass is 9.85. The van der Waals surface area contributed by atoms with Gasteiger partial charge in [0, 0.05) is 19.0 Å². The highest BCUT2D eigenvalue weighted by molar-refractivity contribution is 5.23. The first-order valence-corrected chi connectivity index (χ1v) is 5.13. The van der Waals surface area contributed by atoms with Crippen molar-refractivity contribution in [2.24, 2.45) is 11.0 Å². The molecule has 1 saturated carbocycles. The highest BCUT2D eigenvalue weighted by atomic mass is 15.4. The highest BCUT2D eigenvalue weighted by Crippen LogP contribution is 2.27. The maximum Gasteiger partial charge on any atom is 0.0439 e. The molecule has 0 aromatic carbocycles. The van der Waals surface area contributed by atoms with E-state index in [-0.39, 0.29) is 0 Å². The fraction of sp³-hybridized carbons (Fsp3) is 0.727. The average molecular weight is 182 g/mol. The molecule has 1 aliphatic rings. The van der Waals surface area contributed by atoms with E-state index in [1.165, 1.54) is 19.3 Å². The van der Waals surface area contributed by atoms with E-state index in [2.05, 4.69) is 18.4 Å². The second kappa shape index (κ2) is 6.70. The van der Waals surface area contributed by atoms with Gasteiger partial charge in [0.1, 0.15) is 0 Å². The molecular weight excluding hydrogens is 160 g/mol. The SMILES string of the molecule is C=NN(CC1CCC1)C(=C)C.CC. The summed E-state index contributed by atoms with van der Waals surface area (Å²) in [7, 11) is 0. The van der Waals surface area contributed by atoms with E-state index >= 15 is 0 Å².